The van der Waals surface area contributed by atoms with E-state index in [0.29, 0.717) is 10.6 Å². The Balaban J connectivity index is 2.46. The van der Waals surface area contributed by atoms with Crippen LogP contribution in [0.15, 0.2) is 6.20 Å². The van der Waals surface area contributed by atoms with Gasteiger partial charge in [-0.05, 0) is 0 Å². The predicted molar refractivity (Wildman–Crippen MR) is 62.7 cm³/mol. The quantitative estimate of drug-likeness (QED) is 0.737. The summed E-state index contributed by atoms with van der Waals surface area (Å²) in [6.07, 6.45) is 1.87. The molecule has 1 aromatic rings. The van der Waals surface area contributed by atoms with E-state index in [0.717, 1.165) is 10.6 Å². The maximum Gasteiger partial charge on any atom is 0.103 e. The van der Waals surface area contributed by atoms with Crippen molar-refractivity contribution < 1.29 is 0 Å². The third-order valence-electron chi connectivity index (χ3n) is 1.36. The third-order valence-corrected chi connectivity index (χ3v) is 4.27. The average Bonchev–Trinajstić information content (AvgIpc) is 2.47. The van der Waals surface area contributed by atoms with Gasteiger partial charge < -0.3 is 0 Å². The standard InChI is InChI=1S/C9H14ClNS2/c1-9(2,3)12-6-8-11-5-7(4-10)13-8/h5H,4,6H2,1-3H3. The number of alkyl halides is 1. The number of halogens is 1. The molecule has 0 bridgehead atoms. The summed E-state index contributed by atoms with van der Waals surface area (Å²) in [5, 5.41) is 1.18. The van der Waals surface area contributed by atoms with Crippen LogP contribution in [-0.4, -0.2) is 9.73 Å². The van der Waals surface area contributed by atoms with Crippen molar-refractivity contribution in [3.63, 3.8) is 0 Å². The summed E-state index contributed by atoms with van der Waals surface area (Å²) in [6, 6.07) is 0. The average molecular weight is 236 g/mol. The van der Waals surface area contributed by atoms with Gasteiger partial charge in [-0.3, -0.25) is 0 Å². The second-order valence-corrected chi connectivity index (χ2v) is 7.02. The van der Waals surface area contributed by atoms with E-state index in [4.69, 9.17) is 11.6 Å². The summed E-state index contributed by atoms with van der Waals surface area (Å²) in [7, 11) is 0. The van der Waals surface area contributed by atoms with E-state index in [2.05, 4.69) is 25.8 Å². The summed E-state index contributed by atoms with van der Waals surface area (Å²) >= 11 is 9.32. The minimum atomic E-state index is 0.312. The van der Waals surface area contributed by atoms with Crippen molar-refractivity contribution in [3.05, 3.63) is 16.1 Å². The molecule has 0 unspecified atom stereocenters. The Bertz CT molecular complexity index is 265. The molecule has 0 aliphatic rings. The zero-order valence-corrected chi connectivity index (χ0v) is 10.5. The molecule has 0 atom stereocenters. The first-order chi connectivity index (χ1) is 6.01. The number of nitrogens with zero attached hydrogens (tertiary/aromatic N) is 1. The highest BCUT2D eigenvalue weighted by atomic mass is 35.5. The summed E-state index contributed by atoms with van der Waals surface area (Å²) in [5.41, 5.74) is 0. The lowest BCUT2D eigenvalue weighted by atomic mass is 10.3. The van der Waals surface area contributed by atoms with Crippen LogP contribution in [0.5, 0.6) is 0 Å². The number of thioether (sulfide) groups is 1. The van der Waals surface area contributed by atoms with E-state index < -0.39 is 0 Å². The molecule has 1 nitrogen and oxygen atoms in total. The second kappa shape index (κ2) is 4.67. The summed E-state index contributed by atoms with van der Waals surface area (Å²) in [4.78, 5) is 5.46. The van der Waals surface area contributed by atoms with Crippen molar-refractivity contribution in [2.75, 3.05) is 0 Å². The molecule has 0 aromatic carbocycles. The molecular formula is C9H14ClNS2. The normalized spacial score (nSPS) is 12.0. The van der Waals surface area contributed by atoms with Crippen LogP contribution in [0.4, 0.5) is 0 Å². The van der Waals surface area contributed by atoms with Crippen LogP contribution in [0.25, 0.3) is 0 Å². The summed E-state index contributed by atoms with van der Waals surface area (Å²) in [5.74, 6) is 1.57. The van der Waals surface area contributed by atoms with Gasteiger partial charge in [-0.2, -0.15) is 0 Å². The first-order valence-corrected chi connectivity index (χ1v) is 6.48. The number of hydrogen-bond acceptors (Lipinski definition) is 3. The van der Waals surface area contributed by atoms with E-state index in [1.807, 2.05) is 18.0 Å². The molecule has 0 radical (unpaired) electrons. The minimum Gasteiger partial charge on any atom is -0.248 e. The first-order valence-electron chi connectivity index (χ1n) is 4.15. The molecule has 13 heavy (non-hydrogen) atoms. The zero-order chi connectivity index (χ0) is 9.90. The van der Waals surface area contributed by atoms with Gasteiger partial charge in [0, 0.05) is 21.6 Å². The molecule has 0 spiro atoms. The van der Waals surface area contributed by atoms with Crippen LogP contribution < -0.4 is 0 Å². The SMILES string of the molecule is CC(C)(C)SCc1ncc(CCl)s1. The van der Waals surface area contributed by atoms with E-state index >= 15 is 0 Å². The van der Waals surface area contributed by atoms with Gasteiger partial charge in [0.2, 0.25) is 0 Å². The lowest BCUT2D eigenvalue weighted by Crippen LogP contribution is -2.07. The van der Waals surface area contributed by atoms with Crippen molar-refractivity contribution in [1.29, 1.82) is 0 Å². The van der Waals surface area contributed by atoms with Crippen molar-refractivity contribution in [2.24, 2.45) is 0 Å². The first kappa shape index (κ1) is 11.3. The van der Waals surface area contributed by atoms with Gasteiger partial charge in [0.25, 0.3) is 0 Å². The van der Waals surface area contributed by atoms with E-state index in [9.17, 15) is 0 Å². The molecule has 0 fully saturated rings. The molecule has 0 aliphatic carbocycles. The maximum absolute atomic E-state index is 5.69. The van der Waals surface area contributed by atoms with Gasteiger partial charge in [-0.1, -0.05) is 20.8 Å². The van der Waals surface area contributed by atoms with Gasteiger partial charge in [-0.15, -0.1) is 34.7 Å². The van der Waals surface area contributed by atoms with Gasteiger partial charge in [0.05, 0.1) is 5.88 Å². The zero-order valence-electron chi connectivity index (χ0n) is 8.13. The van der Waals surface area contributed by atoms with Crippen LogP contribution in [0, 0.1) is 0 Å². The highest BCUT2D eigenvalue weighted by molar-refractivity contribution is 7.99. The van der Waals surface area contributed by atoms with Crippen LogP contribution in [-0.2, 0) is 11.6 Å². The van der Waals surface area contributed by atoms with E-state index in [-0.39, 0.29) is 0 Å². The summed E-state index contributed by atoms with van der Waals surface area (Å²) in [6.45, 7) is 6.65. The Morgan fingerprint density at radius 1 is 1.54 bits per heavy atom. The third kappa shape index (κ3) is 4.34. The Hall–Kier alpha value is 0.270. The van der Waals surface area contributed by atoms with E-state index in [1.165, 1.54) is 5.01 Å². The lowest BCUT2D eigenvalue weighted by Gasteiger charge is -2.15. The molecule has 0 amide bonds. The molecule has 4 heteroatoms. The highest BCUT2D eigenvalue weighted by Gasteiger charge is 2.11. The Labute approximate surface area is 92.9 Å². The molecular weight excluding hydrogens is 222 g/mol. The Kier molecular flexibility index (Phi) is 4.07. The topological polar surface area (TPSA) is 12.9 Å². The molecule has 1 aromatic heterocycles. The second-order valence-electron chi connectivity index (χ2n) is 3.75. The van der Waals surface area contributed by atoms with Crippen molar-refractivity contribution in [2.45, 2.75) is 37.2 Å². The van der Waals surface area contributed by atoms with Crippen LogP contribution >= 0.6 is 34.7 Å². The van der Waals surface area contributed by atoms with Gasteiger partial charge in [0.1, 0.15) is 5.01 Å². The molecule has 1 rings (SSSR count). The fourth-order valence-corrected chi connectivity index (χ4v) is 2.60. The van der Waals surface area contributed by atoms with Gasteiger partial charge in [0.15, 0.2) is 0 Å². The lowest BCUT2D eigenvalue weighted by molar-refractivity contribution is 0.802. The number of rotatable bonds is 3. The predicted octanol–water partition coefficient (Wildman–Crippen LogP) is 3.91. The molecule has 0 saturated heterocycles. The fraction of sp³-hybridized carbons (Fsp3) is 0.667. The van der Waals surface area contributed by atoms with E-state index in [1.54, 1.807) is 11.3 Å². The summed E-state index contributed by atoms with van der Waals surface area (Å²) < 4.78 is 0.312. The molecule has 74 valence electrons. The Morgan fingerprint density at radius 3 is 2.69 bits per heavy atom. The largest absolute Gasteiger partial charge is 0.248 e. The van der Waals surface area contributed by atoms with Crippen LogP contribution in [0.1, 0.15) is 30.7 Å². The number of aromatic nitrogens is 1. The fourth-order valence-electron chi connectivity index (χ4n) is 0.755. The highest BCUT2D eigenvalue weighted by Crippen LogP contribution is 2.28. The number of thiazole rings is 1. The monoisotopic (exact) mass is 235 g/mol. The van der Waals surface area contributed by atoms with Crippen molar-refractivity contribution >= 4 is 34.7 Å². The van der Waals surface area contributed by atoms with Crippen LogP contribution in [0.2, 0.25) is 0 Å². The van der Waals surface area contributed by atoms with Crippen molar-refractivity contribution in [1.82, 2.24) is 4.98 Å². The minimum absolute atomic E-state index is 0.312. The van der Waals surface area contributed by atoms with Gasteiger partial charge in [-0.25, -0.2) is 4.98 Å². The molecule has 1 heterocycles. The maximum atomic E-state index is 5.69. The molecule has 0 saturated carbocycles. The molecule has 0 N–H and O–H groups in total. The van der Waals surface area contributed by atoms with Crippen molar-refractivity contribution in [3.8, 4) is 0 Å². The Morgan fingerprint density at radius 2 is 2.23 bits per heavy atom. The number of hydrogen-bond donors (Lipinski definition) is 0. The molecule has 0 aliphatic heterocycles. The van der Waals surface area contributed by atoms with Gasteiger partial charge >= 0.3 is 0 Å². The van der Waals surface area contributed by atoms with Crippen LogP contribution in [0.3, 0.4) is 0 Å². The smallest absolute Gasteiger partial charge is 0.103 e.